The molecule has 0 saturated carbocycles. The van der Waals surface area contributed by atoms with Gasteiger partial charge < -0.3 is 19.4 Å². The monoisotopic (exact) mass is 371 g/mol. The van der Waals surface area contributed by atoms with Gasteiger partial charge in [-0.15, -0.1) is 0 Å². The summed E-state index contributed by atoms with van der Waals surface area (Å²) in [6.45, 7) is 4.63. The van der Waals surface area contributed by atoms with Crippen molar-refractivity contribution in [3.05, 3.63) is 59.7 Å². The molecule has 5 heteroatoms. The third-order valence-corrected chi connectivity index (χ3v) is 4.93. The Bertz CT molecular complexity index is 668. The van der Waals surface area contributed by atoms with Gasteiger partial charge in [-0.3, -0.25) is 0 Å². The van der Waals surface area contributed by atoms with Crippen molar-refractivity contribution in [2.75, 3.05) is 26.4 Å². The predicted octanol–water partition coefficient (Wildman–Crippen LogP) is 3.97. The van der Waals surface area contributed by atoms with Crippen molar-refractivity contribution in [3.63, 3.8) is 0 Å². The predicted molar refractivity (Wildman–Crippen MR) is 105 cm³/mol. The van der Waals surface area contributed by atoms with Gasteiger partial charge in [-0.25, -0.2) is 0 Å². The van der Waals surface area contributed by atoms with Gasteiger partial charge in [-0.1, -0.05) is 67.1 Å². The first kappa shape index (κ1) is 19.8. The summed E-state index contributed by atoms with van der Waals surface area (Å²) < 4.78 is 17.8. The summed E-state index contributed by atoms with van der Waals surface area (Å²) in [5.74, 6) is 0.367. The van der Waals surface area contributed by atoms with Gasteiger partial charge in [-0.2, -0.15) is 0 Å². The summed E-state index contributed by atoms with van der Waals surface area (Å²) in [5.41, 5.74) is 2.55. The van der Waals surface area contributed by atoms with E-state index in [4.69, 9.17) is 14.2 Å². The van der Waals surface area contributed by atoms with Crippen LogP contribution in [0.4, 0.5) is 0 Å². The summed E-state index contributed by atoms with van der Waals surface area (Å²) in [6, 6.07) is 9.59. The molecule has 0 bridgehead atoms. The maximum absolute atomic E-state index is 9.52. The largest absolute Gasteiger partial charge is 0.411 e. The summed E-state index contributed by atoms with van der Waals surface area (Å²) in [7, 11) is 0. The zero-order valence-electron chi connectivity index (χ0n) is 15.9. The Balaban J connectivity index is 1.59. The smallest absolute Gasteiger partial charge is 0.128 e. The van der Waals surface area contributed by atoms with Crippen LogP contribution in [0.15, 0.2) is 59.3 Å². The van der Waals surface area contributed by atoms with Crippen molar-refractivity contribution in [1.82, 2.24) is 0 Å². The summed E-state index contributed by atoms with van der Waals surface area (Å²) in [5, 5.41) is 13.0. The van der Waals surface area contributed by atoms with Gasteiger partial charge in [0.2, 0.25) is 0 Å². The van der Waals surface area contributed by atoms with E-state index in [-0.39, 0.29) is 12.2 Å². The molecule has 0 aromatic heterocycles. The lowest BCUT2D eigenvalue weighted by Crippen LogP contribution is -2.42. The van der Waals surface area contributed by atoms with E-state index in [9.17, 15) is 5.21 Å². The number of benzene rings is 1. The summed E-state index contributed by atoms with van der Waals surface area (Å²) >= 11 is 0. The van der Waals surface area contributed by atoms with Crippen molar-refractivity contribution in [2.45, 2.75) is 38.4 Å². The number of unbranched alkanes of at least 4 members (excludes halogenated alkanes) is 1. The molecule has 3 rings (SSSR count). The Morgan fingerprint density at radius 3 is 2.89 bits per heavy atom. The Labute approximate surface area is 161 Å². The van der Waals surface area contributed by atoms with Crippen LogP contribution in [0.3, 0.4) is 0 Å². The highest BCUT2D eigenvalue weighted by Crippen LogP contribution is 2.27. The zero-order chi connectivity index (χ0) is 18.9. The number of hydrogen-bond donors (Lipinski definition) is 1. The number of rotatable bonds is 8. The minimum Gasteiger partial charge on any atom is -0.411 e. The molecule has 0 radical (unpaired) electrons. The van der Waals surface area contributed by atoms with Gasteiger partial charge >= 0.3 is 0 Å². The molecule has 0 spiro atoms. The van der Waals surface area contributed by atoms with Gasteiger partial charge in [0.15, 0.2) is 0 Å². The van der Waals surface area contributed by atoms with E-state index in [1.165, 1.54) is 5.57 Å². The van der Waals surface area contributed by atoms with Crippen LogP contribution in [0, 0.1) is 5.92 Å². The van der Waals surface area contributed by atoms with Crippen LogP contribution < -0.4 is 0 Å². The molecule has 1 aliphatic carbocycles. The average Bonchev–Trinajstić information content (AvgIpc) is 2.73. The lowest BCUT2D eigenvalue weighted by atomic mass is 9.91. The first-order valence-electron chi connectivity index (χ1n) is 9.77. The molecule has 1 heterocycles. The highest BCUT2D eigenvalue weighted by Gasteiger charge is 2.31. The van der Waals surface area contributed by atoms with Crippen LogP contribution >= 0.6 is 0 Å². The van der Waals surface area contributed by atoms with E-state index in [1.807, 2.05) is 30.3 Å². The lowest BCUT2D eigenvalue weighted by molar-refractivity contribution is -0.0987. The van der Waals surface area contributed by atoms with Crippen LogP contribution in [-0.2, 0) is 14.2 Å². The van der Waals surface area contributed by atoms with Crippen LogP contribution in [0.2, 0.25) is 0 Å². The van der Waals surface area contributed by atoms with Gasteiger partial charge in [-0.05, 0) is 18.4 Å². The van der Waals surface area contributed by atoms with Crippen molar-refractivity contribution >= 4 is 5.71 Å². The number of allylic oxidation sites excluding steroid dienone is 2. The van der Waals surface area contributed by atoms with Crippen LogP contribution in [0.5, 0.6) is 0 Å². The number of hydrogen-bond acceptors (Lipinski definition) is 5. The third kappa shape index (κ3) is 5.51. The van der Waals surface area contributed by atoms with Crippen molar-refractivity contribution in [2.24, 2.45) is 11.1 Å². The van der Waals surface area contributed by atoms with Crippen LogP contribution in [0.1, 0.15) is 31.7 Å². The second-order valence-electron chi connectivity index (χ2n) is 7.02. The lowest BCUT2D eigenvalue weighted by Gasteiger charge is -2.33. The fraction of sp³-hybridized carbons (Fsp3) is 0.500. The molecular weight excluding hydrogens is 342 g/mol. The fourth-order valence-corrected chi connectivity index (χ4v) is 3.42. The zero-order valence-corrected chi connectivity index (χ0v) is 15.9. The normalized spacial score (nSPS) is 26.0. The maximum Gasteiger partial charge on any atom is 0.128 e. The summed E-state index contributed by atoms with van der Waals surface area (Å²) in [4.78, 5) is 0. The number of nitrogens with zero attached hydrogens (tertiary/aromatic N) is 1. The van der Waals surface area contributed by atoms with Crippen LogP contribution in [-0.4, -0.2) is 49.6 Å². The molecule has 1 N–H and O–H groups in total. The molecule has 3 unspecified atom stereocenters. The van der Waals surface area contributed by atoms with Crippen molar-refractivity contribution < 1.29 is 19.4 Å². The molecular formula is C22H29NO4. The molecule has 146 valence electrons. The second kappa shape index (κ2) is 10.4. The van der Waals surface area contributed by atoms with Crippen LogP contribution in [0.25, 0.3) is 0 Å². The molecule has 1 aliphatic heterocycles. The highest BCUT2D eigenvalue weighted by atomic mass is 16.6. The van der Waals surface area contributed by atoms with E-state index in [0.717, 1.165) is 38.0 Å². The Morgan fingerprint density at radius 1 is 1.26 bits per heavy atom. The molecule has 3 atom stereocenters. The van der Waals surface area contributed by atoms with Gasteiger partial charge in [0.05, 0.1) is 19.8 Å². The molecule has 27 heavy (non-hydrogen) atoms. The highest BCUT2D eigenvalue weighted by molar-refractivity contribution is 6.03. The van der Waals surface area contributed by atoms with E-state index >= 15 is 0 Å². The van der Waals surface area contributed by atoms with E-state index in [0.29, 0.717) is 24.8 Å². The van der Waals surface area contributed by atoms with E-state index in [2.05, 4.69) is 30.3 Å². The van der Waals surface area contributed by atoms with Crippen molar-refractivity contribution in [3.8, 4) is 0 Å². The van der Waals surface area contributed by atoms with E-state index < -0.39 is 0 Å². The number of ether oxygens (including phenoxy) is 3. The third-order valence-electron chi connectivity index (χ3n) is 4.93. The topological polar surface area (TPSA) is 60.3 Å². The molecule has 5 nitrogen and oxygen atoms in total. The second-order valence-corrected chi connectivity index (χ2v) is 7.02. The molecule has 2 aliphatic rings. The fourth-order valence-electron chi connectivity index (χ4n) is 3.42. The Hall–Kier alpha value is -1.95. The van der Waals surface area contributed by atoms with Gasteiger partial charge in [0.25, 0.3) is 0 Å². The van der Waals surface area contributed by atoms with E-state index in [1.54, 1.807) is 0 Å². The first-order chi connectivity index (χ1) is 13.3. The molecule has 1 aromatic carbocycles. The molecule has 1 fully saturated rings. The quantitative estimate of drug-likeness (QED) is 0.325. The summed E-state index contributed by atoms with van der Waals surface area (Å²) in [6.07, 6.45) is 9.02. The van der Waals surface area contributed by atoms with Crippen molar-refractivity contribution in [1.29, 1.82) is 0 Å². The Kier molecular flexibility index (Phi) is 7.63. The standard InChI is InChI=1S/C22H29NO4/c1-2-3-12-25-14-17-8-7-11-19(13-17)20-15-26-16-21(27-20)22(23-24)18-9-5-4-6-10-18/h4-11,17,20-21,24H,2-3,12-16H2,1H3. The molecule has 0 amide bonds. The SMILES string of the molecule is CCCCOCC1C=CC=C(C2COCC(C(=NO)c3ccccc3)O2)C1. The minimum absolute atomic E-state index is 0.132. The first-order valence-corrected chi connectivity index (χ1v) is 9.77. The minimum atomic E-state index is -0.387. The number of oxime groups is 1. The molecule has 1 saturated heterocycles. The van der Waals surface area contributed by atoms with Gasteiger partial charge in [0, 0.05) is 18.1 Å². The van der Waals surface area contributed by atoms with Gasteiger partial charge in [0.1, 0.15) is 17.9 Å². The maximum atomic E-state index is 9.52. The molecule has 1 aromatic rings. The Morgan fingerprint density at radius 2 is 2.11 bits per heavy atom. The average molecular weight is 371 g/mol.